The molecule has 126 valence electrons. The van der Waals surface area contributed by atoms with E-state index in [2.05, 4.69) is 45.7 Å². The maximum Gasteiger partial charge on any atom is 0.254 e. The number of rotatable bonds is 5. The van der Waals surface area contributed by atoms with Crippen molar-refractivity contribution in [3.05, 3.63) is 53.3 Å². The quantitative estimate of drug-likeness (QED) is 0.884. The minimum atomic E-state index is -0.0767. The fraction of sp³-hybridized carbons (Fsp3) is 0.421. The first-order chi connectivity index (χ1) is 11.7. The number of nitrogens with zero attached hydrogens (tertiary/aromatic N) is 2. The van der Waals surface area contributed by atoms with Crippen molar-refractivity contribution < 1.29 is 4.79 Å². The van der Waals surface area contributed by atoms with E-state index in [0.29, 0.717) is 24.1 Å². The number of aromatic nitrogens is 2. The predicted molar refractivity (Wildman–Crippen MR) is 94.9 cm³/mol. The Bertz CT molecular complexity index is 678. The average Bonchev–Trinajstić information content (AvgIpc) is 2.61. The van der Waals surface area contributed by atoms with E-state index in [0.717, 1.165) is 12.8 Å². The molecule has 0 spiro atoms. The number of anilines is 1. The van der Waals surface area contributed by atoms with Gasteiger partial charge in [-0.05, 0) is 25.3 Å². The second kappa shape index (κ2) is 7.90. The summed E-state index contributed by atoms with van der Waals surface area (Å²) in [6.45, 7) is 2.73. The van der Waals surface area contributed by atoms with Gasteiger partial charge >= 0.3 is 0 Å². The standard InChI is InChI=1S/C19H24N4O/c1-14-6-5-7-15(10-14)11-20-19-21-12-16(13-22-19)18(24)23-17-8-3-2-4-9-17/h5-7,10,12-13,17H,2-4,8-9,11H2,1H3,(H,23,24)(H,20,21,22). The monoisotopic (exact) mass is 324 g/mol. The van der Waals surface area contributed by atoms with Crippen molar-refractivity contribution in [2.24, 2.45) is 0 Å². The van der Waals surface area contributed by atoms with Crippen LogP contribution in [0.15, 0.2) is 36.7 Å². The number of nitrogens with one attached hydrogen (secondary N) is 2. The Labute approximate surface area is 142 Å². The number of hydrogen-bond acceptors (Lipinski definition) is 4. The van der Waals surface area contributed by atoms with Crippen LogP contribution < -0.4 is 10.6 Å². The molecule has 24 heavy (non-hydrogen) atoms. The van der Waals surface area contributed by atoms with Gasteiger partial charge in [0.1, 0.15) is 0 Å². The molecule has 0 atom stereocenters. The molecule has 1 amide bonds. The van der Waals surface area contributed by atoms with Crippen LogP contribution >= 0.6 is 0 Å². The van der Waals surface area contributed by atoms with E-state index >= 15 is 0 Å². The average molecular weight is 324 g/mol. The SMILES string of the molecule is Cc1cccc(CNc2ncc(C(=O)NC3CCCCC3)cn2)c1. The van der Waals surface area contributed by atoms with Gasteiger partial charge in [-0.25, -0.2) is 9.97 Å². The first kappa shape index (κ1) is 16.4. The normalized spacial score (nSPS) is 15.0. The molecule has 2 N–H and O–H groups in total. The molecule has 0 aliphatic heterocycles. The first-order valence-electron chi connectivity index (χ1n) is 8.63. The molecular formula is C19H24N4O. The van der Waals surface area contributed by atoms with Crippen molar-refractivity contribution in [3.8, 4) is 0 Å². The lowest BCUT2D eigenvalue weighted by Crippen LogP contribution is -2.36. The van der Waals surface area contributed by atoms with Gasteiger partial charge in [0.25, 0.3) is 5.91 Å². The van der Waals surface area contributed by atoms with Gasteiger partial charge in [-0.2, -0.15) is 0 Å². The van der Waals surface area contributed by atoms with Crippen molar-refractivity contribution in [1.29, 1.82) is 0 Å². The summed E-state index contributed by atoms with van der Waals surface area (Å²) in [5.41, 5.74) is 2.92. The summed E-state index contributed by atoms with van der Waals surface area (Å²) in [4.78, 5) is 20.7. The largest absolute Gasteiger partial charge is 0.350 e. The summed E-state index contributed by atoms with van der Waals surface area (Å²) in [6.07, 6.45) is 8.99. The molecule has 1 aliphatic rings. The Morgan fingerprint density at radius 2 is 1.92 bits per heavy atom. The summed E-state index contributed by atoms with van der Waals surface area (Å²) in [6, 6.07) is 8.58. The number of benzene rings is 1. The van der Waals surface area contributed by atoms with Gasteiger partial charge in [0.15, 0.2) is 0 Å². The highest BCUT2D eigenvalue weighted by Crippen LogP contribution is 2.17. The van der Waals surface area contributed by atoms with Crippen molar-refractivity contribution in [3.63, 3.8) is 0 Å². The Kier molecular flexibility index (Phi) is 5.41. The van der Waals surface area contributed by atoms with Crippen LogP contribution in [0.2, 0.25) is 0 Å². The summed E-state index contributed by atoms with van der Waals surface area (Å²) in [7, 11) is 0. The minimum absolute atomic E-state index is 0.0767. The third-order valence-corrected chi connectivity index (χ3v) is 4.39. The number of amides is 1. The highest BCUT2D eigenvalue weighted by atomic mass is 16.1. The number of hydrogen-bond donors (Lipinski definition) is 2. The number of aryl methyl sites for hydroxylation is 1. The second-order valence-corrected chi connectivity index (χ2v) is 6.45. The van der Waals surface area contributed by atoms with Crippen molar-refractivity contribution >= 4 is 11.9 Å². The summed E-state index contributed by atoms with van der Waals surface area (Å²) < 4.78 is 0. The molecule has 1 fully saturated rings. The molecule has 0 unspecified atom stereocenters. The summed E-state index contributed by atoms with van der Waals surface area (Å²) in [5, 5.41) is 6.26. The van der Waals surface area contributed by atoms with Crippen LogP contribution in [0.4, 0.5) is 5.95 Å². The number of carbonyl (C=O) groups is 1. The zero-order valence-corrected chi connectivity index (χ0v) is 14.1. The van der Waals surface area contributed by atoms with Crippen LogP contribution in [0.5, 0.6) is 0 Å². The highest BCUT2D eigenvalue weighted by Gasteiger charge is 2.17. The molecular weight excluding hydrogens is 300 g/mol. The van der Waals surface area contributed by atoms with Crippen LogP contribution in [0.3, 0.4) is 0 Å². The molecule has 1 aromatic carbocycles. The van der Waals surface area contributed by atoms with Crippen LogP contribution in [0.25, 0.3) is 0 Å². The molecule has 1 saturated carbocycles. The smallest absolute Gasteiger partial charge is 0.254 e. The van der Waals surface area contributed by atoms with Gasteiger partial charge in [0.05, 0.1) is 5.56 Å². The molecule has 0 radical (unpaired) electrons. The fourth-order valence-corrected chi connectivity index (χ4v) is 3.06. The Hall–Kier alpha value is -2.43. The third-order valence-electron chi connectivity index (χ3n) is 4.39. The van der Waals surface area contributed by atoms with Crippen LogP contribution in [0.1, 0.15) is 53.6 Å². The van der Waals surface area contributed by atoms with E-state index in [4.69, 9.17) is 0 Å². The maximum absolute atomic E-state index is 12.2. The molecule has 0 saturated heterocycles. The Morgan fingerprint density at radius 3 is 2.62 bits per heavy atom. The first-order valence-corrected chi connectivity index (χ1v) is 8.63. The van der Waals surface area contributed by atoms with E-state index in [1.165, 1.54) is 30.4 Å². The van der Waals surface area contributed by atoms with Crippen molar-refractivity contribution in [2.45, 2.75) is 51.6 Å². The molecule has 5 nitrogen and oxygen atoms in total. The van der Waals surface area contributed by atoms with E-state index in [1.54, 1.807) is 12.4 Å². The van der Waals surface area contributed by atoms with Gasteiger partial charge in [0.2, 0.25) is 5.95 Å². The van der Waals surface area contributed by atoms with Gasteiger partial charge in [-0.15, -0.1) is 0 Å². The fourth-order valence-electron chi connectivity index (χ4n) is 3.06. The van der Waals surface area contributed by atoms with Gasteiger partial charge in [-0.3, -0.25) is 4.79 Å². The lowest BCUT2D eigenvalue weighted by molar-refractivity contribution is 0.0927. The van der Waals surface area contributed by atoms with E-state index < -0.39 is 0 Å². The summed E-state index contributed by atoms with van der Waals surface area (Å²) >= 11 is 0. The lowest BCUT2D eigenvalue weighted by atomic mass is 9.95. The molecule has 1 aromatic heterocycles. The highest BCUT2D eigenvalue weighted by molar-refractivity contribution is 5.93. The molecule has 1 heterocycles. The van der Waals surface area contributed by atoms with Gasteiger partial charge in [-0.1, -0.05) is 49.1 Å². The van der Waals surface area contributed by atoms with Crippen LogP contribution in [-0.2, 0) is 6.54 Å². The van der Waals surface area contributed by atoms with Crippen LogP contribution in [-0.4, -0.2) is 21.9 Å². The second-order valence-electron chi connectivity index (χ2n) is 6.45. The molecule has 3 rings (SSSR count). The zero-order chi connectivity index (χ0) is 16.8. The van der Waals surface area contributed by atoms with Crippen molar-refractivity contribution in [2.75, 3.05) is 5.32 Å². The Morgan fingerprint density at radius 1 is 1.17 bits per heavy atom. The zero-order valence-electron chi connectivity index (χ0n) is 14.1. The van der Waals surface area contributed by atoms with Crippen LogP contribution in [0, 0.1) is 6.92 Å². The lowest BCUT2D eigenvalue weighted by Gasteiger charge is -2.22. The molecule has 5 heteroatoms. The minimum Gasteiger partial charge on any atom is -0.350 e. The maximum atomic E-state index is 12.2. The van der Waals surface area contributed by atoms with E-state index in [-0.39, 0.29) is 5.91 Å². The van der Waals surface area contributed by atoms with E-state index in [9.17, 15) is 4.79 Å². The molecule has 0 bridgehead atoms. The van der Waals surface area contributed by atoms with Gasteiger partial charge < -0.3 is 10.6 Å². The summed E-state index contributed by atoms with van der Waals surface area (Å²) in [5.74, 6) is 0.456. The number of carbonyl (C=O) groups excluding carboxylic acids is 1. The molecule has 2 aromatic rings. The Balaban J connectivity index is 1.53. The third kappa shape index (κ3) is 4.54. The predicted octanol–water partition coefficient (Wildman–Crippen LogP) is 3.46. The van der Waals surface area contributed by atoms with E-state index in [1.807, 2.05) is 6.07 Å². The van der Waals surface area contributed by atoms with Crippen molar-refractivity contribution in [1.82, 2.24) is 15.3 Å². The topological polar surface area (TPSA) is 66.9 Å². The molecule has 1 aliphatic carbocycles. The van der Waals surface area contributed by atoms with Gasteiger partial charge in [0, 0.05) is 25.0 Å².